The van der Waals surface area contributed by atoms with Crippen LogP contribution in [-0.4, -0.2) is 27.9 Å². The van der Waals surface area contributed by atoms with E-state index in [0.717, 1.165) is 19.6 Å². The number of rotatable bonds is 5. The van der Waals surface area contributed by atoms with E-state index >= 15 is 0 Å². The van der Waals surface area contributed by atoms with Gasteiger partial charge in [0.2, 0.25) is 0 Å². The van der Waals surface area contributed by atoms with Crippen molar-refractivity contribution in [2.45, 2.75) is 30.3 Å². The zero-order valence-electron chi connectivity index (χ0n) is 14.1. The highest BCUT2D eigenvalue weighted by Gasteiger charge is 2.40. The van der Waals surface area contributed by atoms with Crippen molar-refractivity contribution in [1.82, 2.24) is 13.4 Å². The lowest BCUT2D eigenvalue weighted by atomic mass is 10.2. The van der Waals surface area contributed by atoms with Crippen LogP contribution in [0.5, 0.6) is 0 Å². The summed E-state index contributed by atoms with van der Waals surface area (Å²) in [6, 6.07) is 3.77. The third-order valence-corrected chi connectivity index (χ3v) is 6.57. The molecule has 0 spiro atoms. The summed E-state index contributed by atoms with van der Waals surface area (Å²) in [7, 11) is -1.68. The van der Waals surface area contributed by atoms with Crippen LogP contribution in [0.4, 0.5) is 4.39 Å². The maximum absolute atomic E-state index is 14.1. The summed E-state index contributed by atoms with van der Waals surface area (Å²) in [4.78, 5) is 23.7. The second-order valence-electron chi connectivity index (χ2n) is 6.23. The Morgan fingerprint density at radius 2 is 1.92 bits per heavy atom. The van der Waals surface area contributed by atoms with Crippen molar-refractivity contribution in [3.05, 3.63) is 61.6 Å². The summed E-state index contributed by atoms with van der Waals surface area (Å²) in [5.74, 6) is -0.619. The van der Waals surface area contributed by atoms with Gasteiger partial charge < -0.3 is 4.57 Å². The molecule has 1 aromatic heterocycles. The molecular weight excluding hydrogens is 385 g/mol. The molecule has 0 aliphatic heterocycles. The number of hydrogen-bond donors (Lipinski definition) is 0. The van der Waals surface area contributed by atoms with Gasteiger partial charge >= 0.3 is 5.69 Å². The van der Waals surface area contributed by atoms with E-state index in [1.54, 1.807) is 0 Å². The van der Waals surface area contributed by atoms with Gasteiger partial charge in [-0.3, -0.25) is 9.36 Å². The van der Waals surface area contributed by atoms with E-state index in [4.69, 9.17) is 11.6 Å². The SMILES string of the molecule is Cn1cc(S(=O)(=O)N(Cc2c(F)cccc2Cl)C2CC2)c(=O)n(C)c1=O. The Morgan fingerprint density at radius 1 is 1.27 bits per heavy atom. The van der Waals surface area contributed by atoms with Crippen LogP contribution in [0.1, 0.15) is 18.4 Å². The second-order valence-corrected chi connectivity index (χ2v) is 8.50. The zero-order valence-corrected chi connectivity index (χ0v) is 15.7. The molecule has 2 aromatic rings. The highest BCUT2D eigenvalue weighted by atomic mass is 35.5. The minimum absolute atomic E-state index is 0.0475. The van der Waals surface area contributed by atoms with Crippen molar-refractivity contribution in [2.24, 2.45) is 14.1 Å². The first kappa shape index (κ1) is 18.8. The fraction of sp³-hybridized carbons (Fsp3) is 0.375. The third kappa shape index (κ3) is 3.22. The number of benzene rings is 1. The van der Waals surface area contributed by atoms with E-state index in [-0.39, 0.29) is 23.2 Å². The summed E-state index contributed by atoms with van der Waals surface area (Å²) in [6.45, 7) is -0.287. The van der Waals surface area contributed by atoms with Crippen LogP contribution in [0.2, 0.25) is 5.02 Å². The smallest absolute Gasteiger partial charge is 0.302 e. The number of aryl methyl sites for hydroxylation is 1. The first-order valence-electron chi connectivity index (χ1n) is 7.86. The quantitative estimate of drug-likeness (QED) is 0.754. The van der Waals surface area contributed by atoms with Crippen molar-refractivity contribution in [3.8, 4) is 0 Å². The van der Waals surface area contributed by atoms with Gasteiger partial charge in [-0.25, -0.2) is 17.6 Å². The number of nitrogens with zero attached hydrogens (tertiary/aromatic N) is 3. The van der Waals surface area contributed by atoms with Gasteiger partial charge in [-0.1, -0.05) is 17.7 Å². The van der Waals surface area contributed by atoms with Crippen LogP contribution in [0.25, 0.3) is 0 Å². The fourth-order valence-corrected chi connectivity index (χ4v) is 4.72. The molecule has 26 heavy (non-hydrogen) atoms. The normalized spacial score (nSPS) is 14.8. The largest absolute Gasteiger partial charge is 0.330 e. The van der Waals surface area contributed by atoms with E-state index in [9.17, 15) is 22.4 Å². The molecule has 1 aliphatic carbocycles. The van der Waals surface area contributed by atoms with E-state index in [1.807, 2.05) is 0 Å². The van der Waals surface area contributed by atoms with Crippen LogP contribution in [0.3, 0.4) is 0 Å². The van der Waals surface area contributed by atoms with Crippen LogP contribution in [0.15, 0.2) is 38.9 Å². The Bertz CT molecular complexity index is 1070. The Morgan fingerprint density at radius 3 is 2.50 bits per heavy atom. The Balaban J connectivity index is 2.12. The monoisotopic (exact) mass is 401 g/mol. The van der Waals surface area contributed by atoms with Gasteiger partial charge in [0.25, 0.3) is 15.6 Å². The summed E-state index contributed by atoms with van der Waals surface area (Å²) < 4.78 is 43.2. The number of aromatic nitrogens is 2. The second kappa shape index (κ2) is 6.64. The lowest BCUT2D eigenvalue weighted by Crippen LogP contribution is -2.43. The molecule has 7 nitrogen and oxygen atoms in total. The lowest BCUT2D eigenvalue weighted by molar-refractivity contribution is 0.389. The molecule has 3 rings (SSSR count). The van der Waals surface area contributed by atoms with Gasteiger partial charge in [0, 0.05) is 43.5 Å². The van der Waals surface area contributed by atoms with E-state index in [2.05, 4.69) is 0 Å². The van der Waals surface area contributed by atoms with Crippen LogP contribution in [-0.2, 0) is 30.7 Å². The molecule has 0 unspecified atom stereocenters. The van der Waals surface area contributed by atoms with Crippen LogP contribution < -0.4 is 11.2 Å². The van der Waals surface area contributed by atoms with Crippen LogP contribution in [0, 0.1) is 5.82 Å². The predicted molar refractivity (Wildman–Crippen MR) is 94.1 cm³/mol. The predicted octanol–water partition coefficient (Wildman–Crippen LogP) is 1.23. The maximum atomic E-state index is 14.1. The lowest BCUT2D eigenvalue weighted by Gasteiger charge is -2.23. The summed E-state index contributed by atoms with van der Waals surface area (Å²) in [6.07, 6.45) is 2.22. The van der Waals surface area contributed by atoms with Gasteiger partial charge in [0.05, 0.1) is 0 Å². The highest BCUT2D eigenvalue weighted by molar-refractivity contribution is 7.89. The first-order valence-corrected chi connectivity index (χ1v) is 9.67. The number of sulfonamides is 1. The number of halogens is 2. The molecule has 140 valence electrons. The number of hydrogen-bond acceptors (Lipinski definition) is 4. The molecule has 1 heterocycles. The van der Waals surface area contributed by atoms with Gasteiger partial charge in [-0.05, 0) is 25.0 Å². The molecule has 1 saturated carbocycles. The average Bonchev–Trinajstić information content (AvgIpc) is 3.40. The minimum atomic E-state index is -4.25. The van der Waals surface area contributed by atoms with Crippen molar-refractivity contribution in [3.63, 3.8) is 0 Å². The molecular formula is C16H17ClFN3O4S. The minimum Gasteiger partial charge on any atom is -0.302 e. The highest BCUT2D eigenvalue weighted by Crippen LogP contribution is 2.34. The van der Waals surface area contributed by atoms with E-state index < -0.39 is 32.0 Å². The van der Waals surface area contributed by atoms with Gasteiger partial charge in [-0.15, -0.1) is 0 Å². The molecule has 1 aromatic carbocycles. The first-order chi connectivity index (χ1) is 12.1. The van der Waals surface area contributed by atoms with Gasteiger partial charge in [0.1, 0.15) is 5.82 Å². The summed E-state index contributed by atoms with van der Waals surface area (Å²) >= 11 is 6.02. The van der Waals surface area contributed by atoms with Gasteiger partial charge in [0.15, 0.2) is 4.90 Å². The van der Waals surface area contributed by atoms with Crippen molar-refractivity contribution in [2.75, 3.05) is 0 Å². The van der Waals surface area contributed by atoms with Crippen molar-refractivity contribution >= 4 is 21.6 Å². The molecule has 0 saturated heterocycles. The Kier molecular flexibility index (Phi) is 4.80. The van der Waals surface area contributed by atoms with E-state index in [0.29, 0.717) is 12.8 Å². The van der Waals surface area contributed by atoms with Crippen molar-refractivity contribution < 1.29 is 12.8 Å². The van der Waals surface area contributed by atoms with E-state index in [1.165, 1.54) is 32.3 Å². The van der Waals surface area contributed by atoms with Crippen LogP contribution >= 0.6 is 11.6 Å². The summed E-state index contributed by atoms with van der Waals surface area (Å²) in [5, 5.41) is 0.110. The summed E-state index contributed by atoms with van der Waals surface area (Å²) in [5.41, 5.74) is -1.51. The molecule has 1 fully saturated rings. The topological polar surface area (TPSA) is 81.4 Å². The Labute approximate surface area is 154 Å². The molecule has 0 radical (unpaired) electrons. The zero-order chi connectivity index (χ0) is 19.2. The fourth-order valence-electron chi connectivity index (χ4n) is 2.69. The molecule has 0 bridgehead atoms. The molecule has 1 aliphatic rings. The molecule has 0 N–H and O–H groups in total. The maximum Gasteiger partial charge on any atom is 0.330 e. The molecule has 0 amide bonds. The standard InChI is InChI=1S/C16H17ClFN3O4S/c1-19-9-14(15(22)20(2)16(19)23)26(24,25)21(10-6-7-10)8-11-12(17)4-3-5-13(11)18/h3-5,9-10H,6-8H2,1-2H3. The Hall–Kier alpha value is -1.97. The molecule has 0 atom stereocenters. The average molecular weight is 402 g/mol. The third-order valence-electron chi connectivity index (χ3n) is 4.33. The van der Waals surface area contributed by atoms with Gasteiger partial charge in [-0.2, -0.15) is 4.31 Å². The van der Waals surface area contributed by atoms with Crippen molar-refractivity contribution in [1.29, 1.82) is 0 Å². The molecule has 10 heteroatoms.